The van der Waals surface area contributed by atoms with Crippen LogP contribution in [0.4, 0.5) is 24.9 Å². The predicted molar refractivity (Wildman–Crippen MR) is 167 cm³/mol. The molecule has 4 N–H and O–H groups in total. The molecule has 0 saturated heterocycles. The number of hydrogen-bond acceptors (Lipinski definition) is 6. The molecule has 45 heavy (non-hydrogen) atoms. The third kappa shape index (κ3) is 6.75. The average molecular weight is 621 g/mol. The van der Waals surface area contributed by atoms with Gasteiger partial charge in [-0.05, 0) is 80.0 Å². The van der Waals surface area contributed by atoms with E-state index in [9.17, 15) is 23.1 Å². The predicted octanol–water partition coefficient (Wildman–Crippen LogP) is 7.47. The van der Waals surface area contributed by atoms with Gasteiger partial charge in [-0.2, -0.15) is 5.10 Å². The molecule has 1 aliphatic rings. The van der Waals surface area contributed by atoms with Gasteiger partial charge in [0, 0.05) is 29.1 Å². The second-order valence-corrected chi connectivity index (χ2v) is 11.9. The molecule has 0 aliphatic heterocycles. The minimum Gasteiger partial charge on any atom is -0.405 e. The number of rotatable bonds is 9. The zero-order valence-corrected chi connectivity index (χ0v) is 25.0. The Morgan fingerprint density at radius 1 is 1.09 bits per heavy atom. The summed E-state index contributed by atoms with van der Waals surface area (Å²) in [5, 5.41) is 24.6. The van der Waals surface area contributed by atoms with E-state index in [1.54, 1.807) is 42.5 Å². The number of carbonyl (C=O) groups excluding carboxylic acids is 1. The summed E-state index contributed by atoms with van der Waals surface area (Å²) in [5.74, 6) is 0.975. The first-order valence-electron chi connectivity index (χ1n) is 15.1. The number of anilines is 2. The molecular weight excluding hydrogens is 585 g/mol. The highest BCUT2D eigenvalue weighted by molar-refractivity contribution is 5.98. The Hall–Kier alpha value is -4.58. The lowest BCUT2D eigenvalue weighted by molar-refractivity contribution is -0.274. The molecule has 1 fully saturated rings. The number of para-hydroxylation sites is 1. The fourth-order valence-corrected chi connectivity index (χ4v) is 5.89. The van der Waals surface area contributed by atoms with E-state index in [0.717, 1.165) is 24.8 Å². The maximum atomic E-state index is 13.1. The molecular formula is C33H35F3N6O3. The number of nitrogens with zero attached hydrogens (tertiary/aromatic N) is 3. The number of fused-ring (bicyclic) bond motifs is 2. The van der Waals surface area contributed by atoms with Crippen molar-refractivity contribution in [3.63, 3.8) is 0 Å². The summed E-state index contributed by atoms with van der Waals surface area (Å²) in [5.41, 5.74) is 3.48. The summed E-state index contributed by atoms with van der Waals surface area (Å²) in [7, 11) is 0. The number of hydrogen-bond donors (Lipinski definition) is 4. The number of alkyl halides is 3. The van der Waals surface area contributed by atoms with Gasteiger partial charge in [0.05, 0.1) is 22.7 Å². The van der Waals surface area contributed by atoms with Crippen molar-refractivity contribution in [2.45, 2.75) is 64.5 Å². The van der Waals surface area contributed by atoms with Gasteiger partial charge in [0.1, 0.15) is 5.75 Å². The first-order chi connectivity index (χ1) is 21.6. The molecule has 2 aromatic heterocycles. The molecule has 2 heterocycles. The van der Waals surface area contributed by atoms with Crippen LogP contribution in [0.1, 0.15) is 62.4 Å². The van der Waals surface area contributed by atoms with Gasteiger partial charge in [0.25, 0.3) is 5.91 Å². The Bertz CT molecular complexity index is 1820. The topological polar surface area (TPSA) is 117 Å². The number of benzene rings is 3. The van der Waals surface area contributed by atoms with Gasteiger partial charge in [0.2, 0.25) is 5.95 Å². The fraction of sp³-hybridized carbons (Fsp3) is 0.364. The number of carbonyl (C=O) groups is 1. The number of nitrogens with one attached hydrogen (secondary N) is 3. The summed E-state index contributed by atoms with van der Waals surface area (Å²) in [4.78, 5) is 17.8. The molecule has 12 heteroatoms. The van der Waals surface area contributed by atoms with Gasteiger partial charge in [-0.1, -0.05) is 38.1 Å². The van der Waals surface area contributed by atoms with Crippen LogP contribution >= 0.6 is 0 Å². The average Bonchev–Trinajstić information content (AvgIpc) is 3.57. The van der Waals surface area contributed by atoms with Crippen LogP contribution in [0.5, 0.6) is 5.75 Å². The van der Waals surface area contributed by atoms with Gasteiger partial charge in [0.15, 0.2) is 5.82 Å². The van der Waals surface area contributed by atoms with Crippen molar-refractivity contribution in [3.8, 4) is 16.9 Å². The molecule has 236 valence electrons. The van der Waals surface area contributed by atoms with Crippen LogP contribution in [-0.4, -0.2) is 49.8 Å². The minimum atomic E-state index is -4.83. The number of aliphatic hydroxyl groups is 1. The molecule has 1 saturated carbocycles. The molecule has 0 spiro atoms. The summed E-state index contributed by atoms with van der Waals surface area (Å²) in [6, 6.07) is 16.7. The van der Waals surface area contributed by atoms with Crippen LogP contribution in [0.2, 0.25) is 0 Å². The number of ether oxygens (including phenoxy) is 1. The van der Waals surface area contributed by atoms with E-state index in [-0.39, 0.29) is 29.4 Å². The lowest BCUT2D eigenvalue weighted by atomic mass is 9.93. The molecule has 1 aliphatic carbocycles. The molecule has 3 aromatic carbocycles. The summed E-state index contributed by atoms with van der Waals surface area (Å²) in [6.45, 7) is 4.80. The standard InChI is InChI=1S/C33H35F3N6O3/c1-19(2)15-16-37-31(44)21-8-14-28-27(18-21)38-32(42(28)22-9-11-23(43)12-10-22)39-30-25-17-20(7-13-26(25)40-41-30)24-5-3-4-6-29(24)45-33(34,35)36/h3-8,13-14,17-19,22-23,43H,9-12,15-16H2,1-2H3,(H,37,44)(H2,38,39,40,41). The fourth-order valence-electron chi connectivity index (χ4n) is 5.89. The Morgan fingerprint density at radius 2 is 1.87 bits per heavy atom. The van der Waals surface area contributed by atoms with Gasteiger partial charge >= 0.3 is 6.36 Å². The molecule has 0 radical (unpaired) electrons. The van der Waals surface area contributed by atoms with Gasteiger partial charge < -0.3 is 25.0 Å². The lowest BCUT2D eigenvalue weighted by Gasteiger charge is -2.28. The lowest BCUT2D eigenvalue weighted by Crippen LogP contribution is -2.25. The molecule has 6 rings (SSSR count). The number of halogens is 3. The van der Waals surface area contributed by atoms with Crippen molar-refractivity contribution in [1.82, 2.24) is 25.1 Å². The van der Waals surface area contributed by atoms with Crippen LogP contribution in [-0.2, 0) is 0 Å². The number of aromatic amines is 1. The van der Waals surface area contributed by atoms with E-state index in [0.29, 0.717) is 64.6 Å². The zero-order chi connectivity index (χ0) is 31.7. The zero-order valence-electron chi connectivity index (χ0n) is 25.0. The quantitative estimate of drug-likeness (QED) is 0.136. The SMILES string of the molecule is CC(C)CCNC(=O)c1ccc2c(c1)nc(Nc1n[nH]c3ccc(-c4ccccc4OC(F)(F)F)cc13)n2C1CCC(O)CC1. The number of imidazole rings is 1. The Morgan fingerprint density at radius 3 is 2.62 bits per heavy atom. The summed E-state index contributed by atoms with van der Waals surface area (Å²) >= 11 is 0. The van der Waals surface area contributed by atoms with E-state index < -0.39 is 6.36 Å². The number of H-pyrrole nitrogens is 1. The second kappa shape index (κ2) is 12.4. The van der Waals surface area contributed by atoms with Crippen molar-refractivity contribution in [1.29, 1.82) is 0 Å². The third-order valence-corrected chi connectivity index (χ3v) is 8.21. The highest BCUT2D eigenvalue weighted by Crippen LogP contribution is 2.38. The van der Waals surface area contributed by atoms with E-state index in [1.807, 2.05) is 6.07 Å². The highest BCUT2D eigenvalue weighted by Gasteiger charge is 2.32. The van der Waals surface area contributed by atoms with Crippen molar-refractivity contribution >= 4 is 39.6 Å². The van der Waals surface area contributed by atoms with Crippen molar-refractivity contribution < 1.29 is 27.8 Å². The van der Waals surface area contributed by atoms with Crippen molar-refractivity contribution in [2.24, 2.45) is 5.92 Å². The third-order valence-electron chi connectivity index (χ3n) is 8.21. The maximum Gasteiger partial charge on any atom is 0.573 e. The van der Waals surface area contributed by atoms with Gasteiger partial charge in [-0.15, -0.1) is 13.2 Å². The van der Waals surface area contributed by atoms with Gasteiger partial charge in [-0.3, -0.25) is 9.89 Å². The molecule has 5 aromatic rings. The first kappa shape index (κ1) is 30.4. The Balaban J connectivity index is 1.37. The summed E-state index contributed by atoms with van der Waals surface area (Å²) < 4.78 is 45.7. The van der Waals surface area contributed by atoms with E-state index in [2.05, 4.69) is 44.0 Å². The molecule has 9 nitrogen and oxygen atoms in total. The Labute approximate surface area is 257 Å². The normalized spacial score (nSPS) is 17.2. The van der Waals surface area contributed by atoms with Crippen LogP contribution in [0.25, 0.3) is 33.1 Å². The Kier molecular flexibility index (Phi) is 8.41. The minimum absolute atomic E-state index is 0.0544. The maximum absolute atomic E-state index is 13.1. The van der Waals surface area contributed by atoms with E-state index in [4.69, 9.17) is 4.98 Å². The van der Waals surface area contributed by atoms with Crippen LogP contribution < -0.4 is 15.4 Å². The largest absolute Gasteiger partial charge is 0.573 e. The smallest absolute Gasteiger partial charge is 0.405 e. The second-order valence-electron chi connectivity index (χ2n) is 11.9. The van der Waals surface area contributed by atoms with Crippen molar-refractivity contribution in [3.05, 3.63) is 66.2 Å². The molecule has 0 atom stereocenters. The number of amides is 1. The molecule has 0 unspecified atom stereocenters. The number of aromatic nitrogens is 4. The molecule has 0 bridgehead atoms. The monoisotopic (exact) mass is 620 g/mol. The van der Waals surface area contributed by atoms with E-state index >= 15 is 0 Å². The summed E-state index contributed by atoms with van der Waals surface area (Å²) in [6.07, 6.45) is -1.47. The van der Waals surface area contributed by atoms with Crippen LogP contribution in [0.15, 0.2) is 60.7 Å². The van der Waals surface area contributed by atoms with Crippen molar-refractivity contribution in [2.75, 3.05) is 11.9 Å². The number of aliphatic hydroxyl groups excluding tert-OH is 1. The van der Waals surface area contributed by atoms with Gasteiger partial charge in [-0.25, -0.2) is 4.98 Å². The molecule has 1 amide bonds. The highest BCUT2D eigenvalue weighted by atomic mass is 19.4. The first-order valence-corrected chi connectivity index (χ1v) is 15.1. The van der Waals surface area contributed by atoms with Crippen LogP contribution in [0.3, 0.4) is 0 Å². The van der Waals surface area contributed by atoms with E-state index in [1.165, 1.54) is 12.1 Å². The van der Waals surface area contributed by atoms with Crippen LogP contribution in [0, 0.1) is 5.92 Å².